The first-order valence-electron chi connectivity index (χ1n) is 5.58. The molecular formula is C12H19NO3. The first-order chi connectivity index (χ1) is 7.33. The zero-order chi connectivity index (χ0) is 12.3. The van der Waals surface area contributed by atoms with E-state index in [1.165, 1.54) is 4.90 Å². The highest BCUT2D eigenvalue weighted by molar-refractivity contribution is 5.74. The van der Waals surface area contributed by atoms with Crippen molar-refractivity contribution >= 4 is 12.0 Å². The standard InChI is InChI=1S/C12H19NO3/c1-9-5-6-10(8-14)13(7-9)11(15)16-12(2,3)4/h9H,5-7H2,1-4H3. The lowest BCUT2D eigenvalue weighted by molar-refractivity contribution is 0.0258. The maximum atomic E-state index is 11.8. The van der Waals surface area contributed by atoms with Gasteiger partial charge in [-0.1, -0.05) is 6.92 Å². The third-order valence-corrected chi connectivity index (χ3v) is 2.43. The van der Waals surface area contributed by atoms with Crippen molar-refractivity contribution in [1.82, 2.24) is 4.90 Å². The zero-order valence-electron chi connectivity index (χ0n) is 10.4. The van der Waals surface area contributed by atoms with Gasteiger partial charge in [0.25, 0.3) is 0 Å². The van der Waals surface area contributed by atoms with Crippen LogP contribution in [0.3, 0.4) is 0 Å². The number of allylic oxidation sites excluding steroid dienone is 1. The molecule has 1 heterocycles. The summed E-state index contributed by atoms with van der Waals surface area (Å²) in [7, 11) is 0. The lowest BCUT2D eigenvalue weighted by Gasteiger charge is -2.32. The van der Waals surface area contributed by atoms with Gasteiger partial charge in [0.05, 0.1) is 0 Å². The van der Waals surface area contributed by atoms with Crippen molar-refractivity contribution < 1.29 is 14.3 Å². The molecule has 4 heteroatoms. The number of hydrogen-bond donors (Lipinski definition) is 0. The summed E-state index contributed by atoms with van der Waals surface area (Å²) >= 11 is 0. The number of ether oxygens (including phenoxy) is 1. The van der Waals surface area contributed by atoms with E-state index in [1.807, 2.05) is 26.7 Å². The Hall–Kier alpha value is -1.28. The predicted molar refractivity (Wildman–Crippen MR) is 60.5 cm³/mol. The van der Waals surface area contributed by atoms with Gasteiger partial charge in [-0.3, -0.25) is 4.90 Å². The molecule has 1 fully saturated rings. The molecule has 0 N–H and O–H groups in total. The summed E-state index contributed by atoms with van der Waals surface area (Å²) in [6.45, 7) is 8.02. The van der Waals surface area contributed by atoms with Gasteiger partial charge >= 0.3 is 6.09 Å². The van der Waals surface area contributed by atoms with Crippen molar-refractivity contribution in [2.75, 3.05) is 6.54 Å². The Balaban J connectivity index is 2.76. The van der Waals surface area contributed by atoms with E-state index in [1.54, 1.807) is 0 Å². The van der Waals surface area contributed by atoms with Gasteiger partial charge in [0, 0.05) is 6.54 Å². The van der Waals surface area contributed by atoms with Crippen LogP contribution >= 0.6 is 0 Å². The van der Waals surface area contributed by atoms with Gasteiger partial charge in [0.15, 0.2) is 0 Å². The number of nitrogens with zero attached hydrogens (tertiary/aromatic N) is 1. The molecule has 1 amide bonds. The molecule has 1 rings (SSSR count). The van der Waals surface area contributed by atoms with Crippen molar-refractivity contribution in [3.8, 4) is 0 Å². The summed E-state index contributed by atoms with van der Waals surface area (Å²) in [5.41, 5.74) is -0.126. The summed E-state index contributed by atoms with van der Waals surface area (Å²) in [6.07, 6.45) is 1.07. The van der Waals surface area contributed by atoms with Crippen LogP contribution < -0.4 is 0 Å². The quantitative estimate of drug-likeness (QED) is 0.594. The first-order valence-corrected chi connectivity index (χ1v) is 5.58. The second-order valence-electron chi connectivity index (χ2n) is 5.28. The molecule has 16 heavy (non-hydrogen) atoms. The van der Waals surface area contributed by atoms with E-state index in [0.29, 0.717) is 24.6 Å². The molecule has 0 aromatic heterocycles. The van der Waals surface area contributed by atoms with Crippen LogP contribution in [-0.2, 0) is 9.53 Å². The summed E-state index contributed by atoms with van der Waals surface area (Å²) in [4.78, 5) is 24.0. The van der Waals surface area contributed by atoms with E-state index in [9.17, 15) is 9.59 Å². The molecule has 0 aromatic rings. The van der Waals surface area contributed by atoms with Gasteiger partial charge in [0.1, 0.15) is 17.2 Å². The normalized spacial score (nSPS) is 21.6. The number of likely N-dealkylation sites (tertiary alicyclic amines) is 1. The first kappa shape index (κ1) is 12.8. The molecule has 0 radical (unpaired) electrons. The molecule has 1 saturated heterocycles. The van der Waals surface area contributed by atoms with Gasteiger partial charge in [-0.25, -0.2) is 9.59 Å². The molecule has 0 aliphatic carbocycles. The van der Waals surface area contributed by atoms with E-state index in [0.717, 1.165) is 6.42 Å². The van der Waals surface area contributed by atoms with Crippen LogP contribution in [0.2, 0.25) is 0 Å². The van der Waals surface area contributed by atoms with Crippen molar-refractivity contribution in [3.05, 3.63) is 5.70 Å². The van der Waals surface area contributed by atoms with Crippen LogP contribution in [0.1, 0.15) is 40.5 Å². The maximum absolute atomic E-state index is 11.8. The Kier molecular flexibility index (Phi) is 3.76. The molecule has 0 spiro atoms. The number of amides is 1. The summed E-state index contributed by atoms with van der Waals surface area (Å²) < 4.78 is 5.24. The van der Waals surface area contributed by atoms with Crippen LogP contribution in [0.4, 0.5) is 4.79 Å². The number of carbonyl (C=O) groups is 1. The Morgan fingerprint density at radius 3 is 2.62 bits per heavy atom. The van der Waals surface area contributed by atoms with E-state index >= 15 is 0 Å². The number of rotatable bonds is 0. The van der Waals surface area contributed by atoms with Crippen LogP contribution in [0, 0.1) is 5.92 Å². The average Bonchev–Trinajstić information content (AvgIpc) is 2.15. The van der Waals surface area contributed by atoms with E-state index < -0.39 is 11.7 Å². The summed E-state index contributed by atoms with van der Waals surface area (Å²) in [5, 5.41) is 0. The van der Waals surface area contributed by atoms with Gasteiger partial charge in [0.2, 0.25) is 0 Å². The Labute approximate surface area is 96.3 Å². The molecule has 1 aliphatic rings. The predicted octanol–water partition coefficient (Wildman–Crippen LogP) is 2.37. The topological polar surface area (TPSA) is 46.6 Å². The third kappa shape index (κ3) is 3.38. The molecular weight excluding hydrogens is 206 g/mol. The van der Waals surface area contributed by atoms with Crippen LogP contribution in [0.15, 0.2) is 5.70 Å². The highest BCUT2D eigenvalue weighted by Crippen LogP contribution is 2.24. The van der Waals surface area contributed by atoms with Crippen molar-refractivity contribution in [2.24, 2.45) is 5.92 Å². The largest absolute Gasteiger partial charge is 0.443 e. The zero-order valence-corrected chi connectivity index (χ0v) is 10.4. The minimum absolute atomic E-state index is 0.393. The highest BCUT2D eigenvalue weighted by atomic mass is 16.6. The molecule has 0 saturated carbocycles. The smallest absolute Gasteiger partial charge is 0.415 e. The Morgan fingerprint density at radius 1 is 1.50 bits per heavy atom. The summed E-state index contributed by atoms with van der Waals surface area (Å²) in [6, 6.07) is 0. The summed E-state index contributed by atoms with van der Waals surface area (Å²) in [5.74, 6) is 2.23. The lowest BCUT2D eigenvalue weighted by Crippen LogP contribution is -2.41. The SMILES string of the molecule is CC1CCC(=C=O)N(C(=O)OC(C)(C)C)C1. The molecule has 90 valence electrons. The maximum Gasteiger partial charge on any atom is 0.415 e. The Morgan fingerprint density at radius 2 is 2.12 bits per heavy atom. The molecule has 4 nitrogen and oxygen atoms in total. The third-order valence-electron chi connectivity index (χ3n) is 2.43. The molecule has 0 aromatic carbocycles. The van der Waals surface area contributed by atoms with Crippen molar-refractivity contribution in [2.45, 2.75) is 46.1 Å². The average molecular weight is 225 g/mol. The second kappa shape index (κ2) is 4.71. The number of piperidine rings is 1. The number of hydrogen-bond acceptors (Lipinski definition) is 3. The fourth-order valence-electron chi connectivity index (χ4n) is 1.64. The molecule has 1 aliphatic heterocycles. The van der Waals surface area contributed by atoms with E-state index in [-0.39, 0.29) is 0 Å². The molecule has 1 atom stereocenters. The monoisotopic (exact) mass is 225 g/mol. The van der Waals surface area contributed by atoms with Crippen LogP contribution in [0.5, 0.6) is 0 Å². The van der Waals surface area contributed by atoms with Crippen molar-refractivity contribution in [3.63, 3.8) is 0 Å². The lowest BCUT2D eigenvalue weighted by atomic mass is 9.98. The van der Waals surface area contributed by atoms with Gasteiger partial charge in [-0.05, 0) is 39.5 Å². The molecule has 0 bridgehead atoms. The fourth-order valence-corrected chi connectivity index (χ4v) is 1.64. The van der Waals surface area contributed by atoms with Gasteiger partial charge in [-0.15, -0.1) is 0 Å². The van der Waals surface area contributed by atoms with Gasteiger partial charge < -0.3 is 4.74 Å². The van der Waals surface area contributed by atoms with Crippen molar-refractivity contribution in [1.29, 1.82) is 0 Å². The van der Waals surface area contributed by atoms with Crippen LogP contribution in [0.25, 0.3) is 0 Å². The van der Waals surface area contributed by atoms with E-state index in [4.69, 9.17) is 4.74 Å². The minimum atomic E-state index is -0.536. The Bertz CT molecular complexity index is 324. The fraction of sp³-hybridized carbons (Fsp3) is 0.750. The second-order valence-corrected chi connectivity index (χ2v) is 5.28. The van der Waals surface area contributed by atoms with Gasteiger partial charge in [-0.2, -0.15) is 0 Å². The van der Waals surface area contributed by atoms with Crippen LogP contribution in [-0.4, -0.2) is 29.1 Å². The minimum Gasteiger partial charge on any atom is -0.443 e. The number of carbonyl (C=O) groups excluding carboxylic acids is 2. The highest BCUT2D eigenvalue weighted by Gasteiger charge is 2.29. The van der Waals surface area contributed by atoms with E-state index in [2.05, 4.69) is 6.92 Å². The molecule has 1 unspecified atom stereocenters.